The van der Waals surface area contributed by atoms with Gasteiger partial charge in [0.25, 0.3) is 0 Å². The lowest BCUT2D eigenvalue weighted by molar-refractivity contribution is 0.319. The third-order valence-corrected chi connectivity index (χ3v) is 4.31. The number of hydrogen-bond acceptors (Lipinski definition) is 2. The third-order valence-electron chi connectivity index (χ3n) is 4.31. The molecule has 1 saturated carbocycles. The molecule has 19 heavy (non-hydrogen) atoms. The monoisotopic (exact) mass is 261 g/mol. The highest BCUT2D eigenvalue weighted by Crippen LogP contribution is 2.30. The molecule has 1 aromatic carbocycles. The van der Waals surface area contributed by atoms with Crippen LogP contribution in [-0.2, 0) is 0 Å². The van der Waals surface area contributed by atoms with Gasteiger partial charge < -0.3 is 10.1 Å². The van der Waals surface area contributed by atoms with E-state index in [9.17, 15) is 0 Å². The Morgan fingerprint density at radius 3 is 2.53 bits per heavy atom. The molecule has 1 aliphatic carbocycles. The molecule has 1 aliphatic rings. The summed E-state index contributed by atoms with van der Waals surface area (Å²) in [5.41, 5.74) is 2.43. The van der Waals surface area contributed by atoms with Crippen molar-refractivity contribution < 1.29 is 4.74 Å². The van der Waals surface area contributed by atoms with Crippen molar-refractivity contribution in [2.75, 3.05) is 12.4 Å². The van der Waals surface area contributed by atoms with Gasteiger partial charge in [-0.25, -0.2) is 0 Å². The zero-order valence-corrected chi connectivity index (χ0v) is 12.5. The second-order valence-corrected chi connectivity index (χ2v) is 5.84. The van der Waals surface area contributed by atoms with Gasteiger partial charge in [0.15, 0.2) is 0 Å². The molecule has 0 saturated heterocycles. The normalized spacial score (nSPS) is 23.1. The van der Waals surface area contributed by atoms with Gasteiger partial charge in [-0.1, -0.05) is 19.8 Å². The lowest BCUT2D eigenvalue weighted by atomic mass is 9.83. The molecule has 0 unspecified atom stereocenters. The van der Waals surface area contributed by atoms with E-state index >= 15 is 0 Å². The number of benzene rings is 1. The van der Waals surface area contributed by atoms with Crippen molar-refractivity contribution in [1.29, 1.82) is 0 Å². The fourth-order valence-corrected chi connectivity index (χ4v) is 3.21. The van der Waals surface area contributed by atoms with Crippen molar-refractivity contribution in [3.05, 3.63) is 23.8 Å². The van der Waals surface area contributed by atoms with E-state index in [0.717, 1.165) is 11.7 Å². The predicted octanol–water partition coefficient (Wildman–Crippen LogP) is 4.77. The van der Waals surface area contributed by atoms with Gasteiger partial charge in [-0.3, -0.25) is 0 Å². The molecule has 0 bridgehead atoms. The van der Waals surface area contributed by atoms with Crippen LogP contribution in [0.2, 0.25) is 0 Å². The van der Waals surface area contributed by atoms with Crippen molar-refractivity contribution in [1.82, 2.24) is 0 Å². The maximum Gasteiger partial charge on any atom is 0.121 e. The number of rotatable bonds is 5. The molecule has 2 nitrogen and oxygen atoms in total. The fourth-order valence-electron chi connectivity index (χ4n) is 3.21. The van der Waals surface area contributed by atoms with Crippen LogP contribution in [0.1, 0.15) is 51.0 Å². The van der Waals surface area contributed by atoms with Crippen LogP contribution >= 0.6 is 0 Å². The van der Waals surface area contributed by atoms with Crippen LogP contribution in [0, 0.1) is 12.8 Å². The first kappa shape index (κ1) is 14.2. The summed E-state index contributed by atoms with van der Waals surface area (Å²) in [5, 5.41) is 3.68. The van der Waals surface area contributed by atoms with E-state index in [-0.39, 0.29) is 0 Å². The number of nitrogens with one attached hydrogen (secondary N) is 1. The first-order valence-electron chi connectivity index (χ1n) is 7.64. The average molecular weight is 261 g/mol. The molecule has 0 radical (unpaired) electrons. The van der Waals surface area contributed by atoms with Crippen LogP contribution in [0.15, 0.2) is 18.2 Å². The Bertz CT molecular complexity index is 394. The lowest BCUT2D eigenvalue weighted by Gasteiger charge is -2.29. The minimum absolute atomic E-state index is 0.654. The summed E-state index contributed by atoms with van der Waals surface area (Å²) in [5.74, 6) is 1.94. The number of aryl methyl sites for hydroxylation is 1. The molecule has 0 aromatic heterocycles. The van der Waals surface area contributed by atoms with Gasteiger partial charge in [-0.05, 0) is 62.3 Å². The topological polar surface area (TPSA) is 21.3 Å². The van der Waals surface area contributed by atoms with Crippen LogP contribution < -0.4 is 10.1 Å². The summed E-state index contributed by atoms with van der Waals surface area (Å²) in [7, 11) is 1.73. The average Bonchev–Trinajstić information content (AvgIpc) is 2.42. The van der Waals surface area contributed by atoms with Crippen LogP contribution in [0.3, 0.4) is 0 Å². The first-order chi connectivity index (χ1) is 9.22. The number of ether oxygens (including phenoxy) is 1. The highest BCUT2D eigenvalue weighted by molar-refractivity contribution is 5.51. The minimum Gasteiger partial charge on any atom is -0.496 e. The predicted molar refractivity (Wildman–Crippen MR) is 82.0 cm³/mol. The Kier molecular flexibility index (Phi) is 5.12. The van der Waals surface area contributed by atoms with E-state index in [1.165, 1.54) is 49.8 Å². The molecule has 1 fully saturated rings. The quantitative estimate of drug-likeness (QED) is 0.824. The lowest BCUT2D eigenvalue weighted by Crippen LogP contribution is -2.26. The van der Waals surface area contributed by atoms with E-state index in [1.807, 2.05) is 0 Å². The number of hydrogen-bond donors (Lipinski definition) is 1. The Labute approximate surface area is 117 Å². The molecule has 2 rings (SSSR count). The zero-order chi connectivity index (χ0) is 13.7. The summed E-state index contributed by atoms with van der Waals surface area (Å²) in [6, 6.07) is 7.03. The van der Waals surface area contributed by atoms with Gasteiger partial charge in [-0.2, -0.15) is 0 Å². The zero-order valence-electron chi connectivity index (χ0n) is 12.5. The van der Waals surface area contributed by atoms with Crippen molar-refractivity contribution in [2.24, 2.45) is 5.92 Å². The van der Waals surface area contributed by atoms with E-state index in [1.54, 1.807) is 7.11 Å². The number of anilines is 1. The Morgan fingerprint density at radius 1 is 1.21 bits per heavy atom. The molecule has 0 aliphatic heterocycles. The minimum atomic E-state index is 0.654. The summed E-state index contributed by atoms with van der Waals surface area (Å²) >= 11 is 0. The fraction of sp³-hybridized carbons (Fsp3) is 0.647. The standard InChI is InChI=1S/C17H27NO/c1-4-5-14-6-8-15(9-7-14)18-16-10-11-17(19-3)13(2)12-16/h10-12,14-15,18H,4-9H2,1-3H3. The molecule has 1 aromatic rings. The number of methoxy groups -OCH3 is 1. The van der Waals surface area contributed by atoms with Gasteiger partial charge in [0.2, 0.25) is 0 Å². The maximum absolute atomic E-state index is 5.30. The van der Waals surface area contributed by atoms with E-state index in [0.29, 0.717) is 6.04 Å². The third kappa shape index (κ3) is 3.89. The van der Waals surface area contributed by atoms with Crippen LogP contribution in [0.4, 0.5) is 5.69 Å². The Balaban J connectivity index is 1.87. The van der Waals surface area contributed by atoms with Gasteiger partial charge in [-0.15, -0.1) is 0 Å². The summed E-state index contributed by atoms with van der Waals surface area (Å²) in [6.07, 6.45) is 8.15. The van der Waals surface area contributed by atoms with Crippen molar-refractivity contribution >= 4 is 5.69 Å². The van der Waals surface area contributed by atoms with Gasteiger partial charge >= 0.3 is 0 Å². The molecule has 0 atom stereocenters. The van der Waals surface area contributed by atoms with Crippen molar-refractivity contribution in [3.8, 4) is 5.75 Å². The maximum atomic E-state index is 5.30. The van der Waals surface area contributed by atoms with E-state index < -0.39 is 0 Å². The first-order valence-corrected chi connectivity index (χ1v) is 7.64. The molecule has 0 amide bonds. The summed E-state index contributed by atoms with van der Waals surface area (Å²) in [4.78, 5) is 0. The summed E-state index contributed by atoms with van der Waals surface area (Å²) < 4.78 is 5.30. The van der Waals surface area contributed by atoms with Crippen LogP contribution in [-0.4, -0.2) is 13.2 Å². The van der Waals surface area contributed by atoms with Crippen molar-refractivity contribution in [3.63, 3.8) is 0 Å². The molecule has 0 heterocycles. The van der Waals surface area contributed by atoms with E-state index in [4.69, 9.17) is 4.74 Å². The largest absolute Gasteiger partial charge is 0.496 e. The summed E-state index contributed by atoms with van der Waals surface area (Å²) in [6.45, 7) is 4.40. The molecular weight excluding hydrogens is 234 g/mol. The second kappa shape index (κ2) is 6.83. The van der Waals surface area contributed by atoms with Crippen LogP contribution in [0.25, 0.3) is 0 Å². The van der Waals surface area contributed by atoms with Gasteiger partial charge in [0.1, 0.15) is 5.75 Å². The molecule has 106 valence electrons. The molecule has 0 spiro atoms. The Hall–Kier alpha value is -1.18. The highest BCUT2D eigenvalue weighted by Gasteiger charge is 2.20. The molecule has 2 heteroatoms. The van der Waals surface area contributed by atoms with Crippen LogP contribution in [0.5, 0.6) is 5.75 Å². The van der Waals surface area contributed by atoms with Gasteiger partial charge in [0.05, 0.1) is 7.11 Å². The van der Waals surface area contributed by atoms with E-state index in [2.05, 4.69) is 37.4 Å². The smallest absolute Gasteiger partial charge is 0.121 e. The SMILES string of the molecule is CCCC1CCC(Nc2ccc(OC)c(C)c2)CC1. The molecule has 1 N–H and O–H groups in total. The van der Waals surface area contributed by atoms with Crippen molar-refractivity contribution in [2.45, 2.75) is 58.4 Å². The highest BCUT2D eigenvalue weighted by atomic mass is 16.5. The van der Waals surface area contributed by atoms with Gasteiger partial charge in [0, 0.05) is 11.7 Å². The molecular formula is C17H27NO. The second-order valence-electron chi connectivity index (χ2n) is 5.84. The Morgan fingerprint density at radius 2 is 1.95 bits per heavy atom.